The molecule has 36 heavy (non-hydrogen) atoms. The van der Waals surface area contributed by atoms with Gasteiger partial charge in [-0.3, -0.25) is 9.13 Å². The maximum Gasteiger partial charge on any atom is 0.340 e. The van der Waals surface area contributed by atoms with Crippen LogP contribution in [0.3, 0.4) is 0 Å². The molecule has 16 heteroatoms. The van der Waals surface area contributed by atoms with Crippen LogP contribution < -0.4 is 5.32 Å². The zero-order chi connectivity index (χ0) is 26.7. The van der Waals surface area contributed by atoms with Crippen molar-refractivity contribution >= 4 is 43.5 Å². The van der Waals surface area contributed by atoms with Gasteiger partial charge in [-0.05, 0) is 30.7 Å². The summed E-state index contributed by atoms with van der Waals surface area (Å²) in [6.45, 7) is 1.11. The van der Waals surface area contributed by atoms with E-state index in [9.17, 15) is 23.5 Å². The molecule has 3 rings (SSSR count). The number of halogens is 2. The van der Waals surface area contributed by atoms with E-state index in [0.717, 1.165) is 5.56 Å². The molecule has 0 saturated carbocycles. The second-order valence-corrected chi connectivity index (χ2v) is 12.4. The second-order valence-electron chi connectivity index (χ2n) is 8.05. The summed E-state index contributed by atoms with van der Waals surface area (Å²) in [5.74, 6) is -1.70. The maximum atomic E-state index is 13.2. The lowest BCUT2D eigenvalue weighted by atomic mass is 10.1. The van der Waals surface area contributed by atoms with Gasteiger partial charge in [-0.15, -0.1) is 0 Å². The first-order valence-corrected chi connectivity index (χ1v) is 14.5. The minimum absolute atomic E-state index is 0.151. The van der Waals surface area contributed by atoms with Gasteiger partial charge in [-0.2, -0.15) is 5.10 Å². The normalized spacial score (nSPS) is 16.4. The van der Waals surface area contributed by atoms with Crippen molar-refractivity contribution in [1.82, 2.24) is 14.8 Å². The highest BCUT2D eigenvalue weighted by Crippen LogP contribution is 2.55. The average Bonchev–Trinajstić information content (AvgIpc) is 3.15. The Bertz CT molecular complexity index is 1290. The summed E-state index contributed by atoms with van der Waals surface area (Å²) in [5.41, 5.74) is 1.77. The Balaban J connectivity index is 1.75. The first kappa shape index (κ1) is 28.6. The number of aliphatic hydroxyl groups is 1. The molecule has 2 aromatic heterocycles. The molecule has 1 aromatic carbocycles. The lowest BCUT2D eigenvalue weighted by Gasteiger charge is -2.23. The molecule has 2 heterocycles. The van der Waals surface area contributed by atoms with E-state index in [4.69, 9.17) is 30.6 Å². The molecule has 12 nitrogen and oxygen atoms in total. The fraction of sp³-hybridized carbons (Fsp3) is 0.400. The maximum absolute atomic E-state index is 13.2. The predicted molar refractivity (Wildman–Crippen MR) is 130 cm³/mol. The van der Waals surface area contributed by atoms with Gasteiger partial charge in [0, 0.05) is 13.2 Å². The van der Waals surface area contributed by atoms with E-state index < -0.39 is 39.9 Å². The molecule has 0 aliphatic rings. The Morgan fingerprint density at radius 3 is 2.50 bits per heavy atom. The number of benzene rings is 1. The van der Waals surface area contributed by atoms with Gasteiger partial charge in [0.05, 0.1) is 30.4 Å². The topological polar surface area (TPSA) is 176 Å². The SMILES string of the molecule is CO[C@H](COP(=O)(O)CP(=O)(O)O)[C@@H](O)Cn1ncc2c(N[C@@H](C)c3ccc(F)cc3)cc(Cl)nc21. The number of nitrogens with zero attached hydrogens (tertiary/aromatic N) is 3. The molecule has 0 fully saturated rings. The highest BCUT2D eigenvalue weighted by molar-refractivity contribution is 7.70. The van der Waals surface area contributed by atoms with Crippen molar-refractivity contribution in [2.75, 3.05) is 24.9 Å². The summed E-state index contributed by atoms with van der Waals surface area (Å²) in [6, 6.07) is 7.44. The van der Waals surface area contributed by atoms with Crippen LogP contribution in [-0.2, 0) is 24.9 Å². The van der Waals surface area contributed by atoms with Gasteiger partial charge in [0.1, 0.15) is 23.2 Å². The fourth-order valence-corrected chi connectivity index (χ4v) is 6.19. The van der Waals surface area contributed by atoms with Crippen LogP contribution in [0.2, 0.25) is 5.15 Å². The van der Waals surface area contributed by atoms with E-state index in [1.807, 2.05) is 6.92 Å². The van der Waals surface area contributed by atoms with E-state index in [1.165, 1.54) is 30.1 Å². The molecule has 0 spiro atoms. The molecule has 4 atom stereocenters. The van der Waals surface area contributed by atoms with Gasteiger partial charge in [-0.25, -0.2) is 14.1 Å². The lowest BCUT2D eigenvalue weighted by Crippen LogP contribution is -2.36. The molecule has 3 aromatic rings. The minimum Gasteiger partial charge on any atom is -0.388 e. The standard InChI is InChI=1S/C20H26ClFN4O8P2/c1-12(13-3-5-14(22)6-4-13)24-16-7-19(21)25-20-15(16)8-23-26(20)9-17(27)18(33-2)10-34-36(31,32)11-35(28,29)30/h3-8,12,17-18,27H,9-11H2,1-2H3,(H,24,25)(H,31,32)(H2,28,29,30)/t12-,17-,18+/m0/s1. The number of hydrogen-bond acceptors (Lipinski definition) is 8. The molecule has 0 bridgehead atoms. The van der Waals surface area contributed by atoms with E-state index in [-0.39, 0.29) is 23.6 Å². The Morgan fingerprint density at radius 2 is 1.89 bits per heavy atom. The number of hydrogen-bond donors (Lipinski definition) is 5. The van der Waals surface area contributed by atoms with E-state index in [1.54, 1.807) is 18.2 Å². The Hall–Kier alpha value is -1.92. The number of aromatic nitrogens is 3. The van der Waals surface area contributed by atoms with Crippen LogP contribution in [-0.4, -0.2) is 66.4 Å². The molecule has 0 aliphatic carbocycles. The third-order valence-corrected chi connectivity index (χ3v) is 8.87. The van der Waals surface area contributed by atoms with Gasteiger partial charge in [0.15, 0.2) is 11.6 Å². The predicted octanol–water partition coefficient (Wildman–Crippen LogP) is 3.11. The third kappa shape index (κ3) is 7.79. The average molecular weight is 567 g/mol. The van der Waals surface area contributed by atoms with Crippen LogP contribution in [0.1, 0.15) is 18.5 Å². The summed E-state index contributed by atoms with van der Waals surface area (Å²) in [5, 5.41) is 18.9. The smallest absolute Gasteiger partial charge is 0.340 e. The van der Waals surface area contributed by atoms with Gasteiger partial charge >= 0.3 is 15.2 Å². The van der Waals surface area contributed by atoms with Gasteiger partial charge < -0.3 is 34.4 Å². The number of pyridine rings is 1. The monoisotopic (exact) mass is 566 g/mol. The summed E-state index contributed by atoms with van der Waals surface area (Å²) >= 11 is 6.21. The van der Waals surface area contributed by atoms with Crippen LogP contribution in [0.25, 0.3) is 11.0 Å². The summed E-state index contributed by atoms with van der Waals surface area (Å²) in [6.07, 6.45) is -0.911. The molecule has 0 amide bonds. The highest BCUT2D eigenvalue weighted by atomic mass is 35.5. The van der Waals surface area contributed by atoms with Crippen molar-refractivity contribution in [2.24, 2.45) is 0 Å². The van der Waals surface area contributed by atoms with Crippen molar-refractivity contribution in [3.05, 3.63) is 53.1 Å². The summed E-state index contributed by atoms with van der Waals surface area (Å²) in [7, 11) is -8.18. The molecular formula is C20H26ClFN4O8P2. The number of ether oxygens (including phenoxy) is 1. The molecule has 1 unspecified atom stereocenters. The van der Waals surface area contributed by atoms with Crippen molar-refractivity contribution in [3.8, 4) is 0 Å². The number of aliphatic hydroxyl groups excluding tert-OH is 1. The minimum atomic E-state index is -4.79. The van der Waals surface area contributed by atoms with Crippen molar-refractivity contribution in [2.45, 2.75) is 31.7 Å². The van der Waals surface area contributed by atoms with Crippen LogP contribution in [0.4, 0.5) is 10.1 Å². The largest absolute Gasteiger partial charge is 0.388 e. The molecule has 5 N–H and O–H groups in total. The van der Waals surface area contributed by atoms with Crippen LogP contribution in [0, 0.1) is 5.82 Å². The first-order valence-electron chi connectivity index (χ1n) is 10.5. The van der Waals surface area contributed by atoms with E-state index >= 15 is 0 Å². The van der Waals surface area contributed by atoms with Crippen LogP contribution in [0.15, 0.2) is 36.5 Å². The summed E-state index contributed by atoms with van der Waals surface area (Å²) < 4.78 is 47.4. The molecule has 0 saturated heterocycles. The number of anilines is 1. The number of nitrogens with one attached hydrogen (secondary N) is 1. The molecule has 198 valence electrons. The fourth-order valence-electron chi connectivity index (χ4n) is 3.43. The second kappa shape index (κ2) is 11.6. The zero-order valence-corrected chi connectivity index (χ0v) is 21.8. The molecule has 0 aliphatic heterocycles. The molecule has 0 radical (unpaired) electrons. The van der Waals surface area contributed by atoms with E-state index in [0.29, 0.717) is 16.7 Å². The summed E-state index contributed by atoms with van der Waals surface area (Å²) in [4.78, 5) is 31.7. The van der Waals surface area contributed by atoms with Gasteiger partial charge in [0.25, 0.3) is 0 Å². The third-order valence-electron chi connectivity index (χ3n) is 5.22. The van der Waals surface area contributed by atoms with Crippen LogP contribution >= 0.6 is 26.8 Å². The Kier molecular flexibility index (Phi) is 9.26. The molecular weight excluding hydrogens is 541 g/mol. The number of fused-ring (bicyclic) bond motifs is 1. The van der Waals surface area contributed by atoms with Crippen LogP contribution in [0.5, 0.6) is 0 Å². The van der Waals surface area contributed by atoms with Crippen molar-refractivity contribution in [1.29, 1.82) is 0 Å². The zero-order valence-electron chi connectivity index (χ0n) is 19.2. The number of rotatable bonds is 12. The number of methoxy groups -OCH3 is 1. The first-order chi connectivity index (χ1) is 16.8. The quantitative estimate of drug-likeness (QED) is 0.161. The van der Waals surface area contributed by atoms with E-state index in [2.05, 4.69) is 15.4 Å². The lowest BCUT2D eigenvalue weighted by molar-refractivity contribution is -0.0439. The Labute approximate surface area is 210 Å². The van der Waals surface area contributed by atoms with Crippen molar-refractivity contribution in [3.63, 3.8) is 0 Å². The Morgan fingerprint density at radius 1 is 1.22 bits per heavy atom. The highest BCUT2D eigenvalue weighted by Gasteiger charge is 2.33. The van der Waals surface area contributed by atoms with Gasteiger partial charge in [-0.1, -0.05) is 23.7 Å². The van der Waals surface area contributed by atoms with Gasteiger partial charge in [0.2, 0.25) is 0 Å². The van der Waals surface area contributed by atoms with Crippen molar-refractivity contribution < 1.29 is 42.6 Å².